The van der Waals surface area contributed by atoms with Crippen molar-refractivity contribution in [2.75, 3.05) is 20.3 Å². The zero-order valence-corrected chi connectivity index (χ0v) is 12.7. The fraction of sp³-hybridized carbons (Fsp3) is 0.312. The zero-order chi connectivity index (χ0) is 17.2. The molecule has 0 radical (unpaired) electrons. The summed E-state index contributed by atoms with van der Waals surface area (Å²) in [5.74, 6) is -2.01. The molecule has 124 valence electrons. The van der Waals surface area contributed by atoms with E-state index in [4.69, 9.17) is 9.47 Å². The number of carbonyl (C=O) groups excluding carboxylic acids is 3. The third kappa shape index (κ3) is 5.91. The number of carbonyl (C=O) groups is 3. The third-order valence-electron chi connectivity index (χ3n) is 2.82. The van der Waals surface area contributed by atoms with Gasteiger partial charge in [-0.2, -0.15) is 0 Å². The molecule has 1 aromatic rings. The Morgan fingerprint density at radius 3 is 2.35 bits per heavy atom. The van der Waals surface area contributed by atoms with E-state index in [0.717, 1.165) is 6.08 Å². The van der Waals surface area contributed by atoms with E-state index in [0.29, 0.717) is 0 Å². The maximum atomic E-state index is 12.0. The van der Waals surface area contributed by atoms with Crippen LogP contribution >= 0.6 is 0 Å². The van der Waals surface area contributed by atoms with Crippen LogP contribution in [-0.4, -0.2) is 49.4 Å². The first-order valence-electron chi connectivity index (χ1n) is 6.81. The van der Waals surface area contributed by atoms with Gasteiger partial charge in [0.1, 0.15) is 6.61 Å². The summed E-state index contributed by atoms with van der Waals surface area (Å²) < 4.78 is 14.2. The lowest BCUT2D eigenvalue weighted by atomic mass is 10.1. The van der Waals surface area contributed by atoms with Crippen molar-refractivity contribution < 1.29 is 33.7 Å². The smallest absolute Gasteiger partial charge is 0.339 e. The van der Waals surface area contributed by atoms with Crippen LogP contribution < -0.4 is 0 Å². The van der Waals surface area contributed by atoms with Crippen molar-refractivity contribution in [3.63, 3.8) is 0 Å². The van der Waals surface area contributed by atoms with E-state index in [1.165, 1.54) is 19.2 Å². The van der Waals surface area contributed by atoms with Crippen LogP contribution in [0.3, 0.4) is 0 Å². The highest BCUT2D eigenvalue weighted by Crippen LogP contribution is 2.12. The SMILES string of the molecule is C=CC(=O)OCCC(O)COC(=O)c1ccccc1C(=O)OC. The summed E-state index contributed by atoms with van der Waals surface area (Å²) in [6.07, 6.45) is 0.114. The lowest BCUT2D eigenvalue weighted by Crippen LogP contribution is -2.22. The third-order valence-corrected chi connectivity index (χ3v) is 2.82. The second kappa shape index (κ2) is 9.37. The van der Waals surface area contributed by atoms with Gasteiger partial charge in [0.2, 0.25) is 0 Å². The minimum absolute atomic E-state index is 0.0255. The predicted octanol–water partition coefficient (Wildman–Crippen LogP) is 1.11. The number of hydrogen-bond acceptors (Lipinski definition) is 7. The van der Waals surface area contributed by atoms with E-state index >= 15 is 0 Å². The van der Waals surface area contributed by atoms with Crippen molar-refractivity contribution in [3.8, 4) is 0 Å². The molecule has 23 heavy (non-hydrogen) atoms. The van der Waals surface area contributed by atoms with Crippen LogP contribution in [0.4, 0.5) is 0 Å². The molecule has 1 aromatic carbocycles. The quantitative estimate of drug-likeness (QED) is 0.435. The second-order valence-corrected chi connectivity index (χ2v) is 4.45. The molecular formula is C16H18O7. The first-order valence-corrected chi connectivity index (χ1v) is 6.81. The van der Waals surface area contributed by atoms with Gasteiger partial charge >= 0.3 is 17.9 Å². The van der Waals surface area contributed by atoms with Gasteiger partial charge in [0.25, 0.3) is 0 Å². The van der Waals surface area contributed by atoms with Gasteiger partial charge in [0, 0.05) is 12.5 Å². The van der Waals surface area contributed by atoms with E-state index in [9.17, 15) is 19.5 Å². The summed E-state index contributed by atoms with van der Waals surface area (Å²) in [5.41, 5.74) is 0.124. The van der Waals surface area contributed by atoms with Crippen molar-refractivity contribution >= 4 is 17.9 Å². The van der Waals surface area contributed by atoms with Crippen molar-refractivity contribution in [1.29, 1.82) is 0 Å². The van der Waals surface area contributed by atoms with Crippen LogP contribution in [0.1, 0.15) is 27.1 Å². The number of hydrogen-bond donors (Lipinski definition) is 1. The number of methoxy groups -OCH3 is 1. The molecule has 0 amide bonds. The van der Waals surface area contributed by atoms with E-state index < -0.39 is 24.0 Å². The Bertz CT molecular complexity index is 580. The minimum atomic E-state index is -0.998. The molecule has 0 saturated heterocycles. The minimum Gasteiger partial charge on any atom is -0.465 e. The Hall–Kier alpha value is -2.67. The Kier molecular flexibility index (Phi) is 7.49. The number of ether oxygens (including phenoxy) is 3. The number of esters is 3. The zero-order valence-electron chi connectivity index (χ0n) is 12.7. The molecule has 0 saturated carbocycles. The summed E-state index contributed by atoms with van der Waals surface area (Å²) >= 11 is 0. The maximum absolute atomic E-state index is 12.0. The monoisotopic (exact) mass is 322 g/mol. The van der Waals surface area contributed by atoms with Gasteiger partial charge < -0.3 is 19.3 Å². The van der Waals surface area contributed by atoms with Gasteiger partial charge in [-0.1, -0.05) is 18.7 Å². The van der Waals surface area contributed by atoms with Crippen LogP contribution in [0.2, 0.25) is 0 Å². The Labute approximate surface area is 133 Å². The van der Waals surface area contributed by atoms with Crippen LogP contribution in [0.5, 0.6) is 0 Å². The first kappa shape index (κ1) is 18.4. The van der Waals surface area contributed by atoms with Crippen molar-refractivity contribution in [2.24, 2.45) is 0 Å². The molecule has 1 atom stereocenters. The van der Waals surface area contributed by atoms with Gasteiger partial charge in [0.05, 0.1) is 30.9 Å². The molecule has 0 aliphatic heterocycles. The van der Waals surface area contributed by atoms with Crippen molar-refractivity contribution in [2.45, 2.75) is 12.5 Å². The number of benzene rings is 1. The standard InChI is InChI=1S/C16H18O7/c1-3-14(18)22-9-8-11(17)10-23-16(20)13-7-5-4-6-12(13)15(19)21-2/h3-7,11,17H,1,8-10H2,2H3. The molecule has 0 spiro atoms. The van der Waals surface area contributed by atoms with Gasteiger partial charge in [0.15, 0.2) is 0 Å². The van der Waals surface area contributed by atoms with Crippen LogP contribution in [0.25, 0.3) is 0 Å². The number of aliphatic hydroxyl groups excluding tert-OH is 1. The van der Waals surface area contributed by atoms with Crippen LogP contribution in [0, 0.1) is 0 Å². The van der Waals surface area contributed by atoms with E-state index in [-0.39, 0.29) is 30.8 Å². The molecule has 0 aliphatic rings. The van der Waals surface area contributed by atoms with E-state index in [1.807, 2.05) is 0 Å². The van der Waals surface area contributed by atoms with Gasteiger partial charge in [-0.3, -0.25) is 0 Å². The second-order valence-electron chi connectivity index (χ2n) is 4.45. The molecule has 0 fully saturated rings. The van der Waals surface area contributed by atoms with Gasteiger partial charge in [-0.15, -0.1) is 0 Å². The van der Waals surface area contributed by atoms with Crippen molar-refractivity contribution in [3.05, 3.63) is 48.0 Å². The summed E-state index contributed by atoms with van der Waals surface area (Å²) in [4.78, 5) is 34.4. The fourth-order valence-electron chi connectivity index (χ4n) is 1.64. The summed E-state index contributed by atoms with van der Waals surface area (Å²) in [7, 11) is 1.21. The average molecular weight is 322 g/mol. The summed E-state index contributed by atoms with van der Waals surface area (Å²) in [5, 5.41) is 9.67. The maximum Gasteiger partial charge on any atom is 0.339 e. The predicted molar refractivity (Wildman–Crippen MR) is 79.8 cm³/mol. The summed E-state index contributed by atoms with van der Waals surface area (Å²) in [6, 6.07) is 6.03. The Morgan fingerprint density at radius 2 is 1.78 bits per heavy atom. The molecule has 0 bridgehead atoms. The molecule has 0 aromatic heterocycles. The molecule has 1 rings (SSSR count). The topological polar surface area (TPSA) is 99.1 Å². The average Bonchev–Trinajstić information content (AvgIpc) is 2.58. The largest absolute Gasteiger partial charge is 0.465 e. The fourth-order valence-corrected chi connectivity index (χ4v) is 1.64. The normalized spacial score (nSPS) is 11.2. The molecule has 0 aliphatic carbocycles. The highest BCUT2D eigenvalue weighted by atomic mass is 16.5. The number of rotatable bonds is 8. The molecule has 7 nitrogen and oxygen atoms in total. The highest BCUT2D eigenvalue weighted by Gasteiger charge is 2.19. The molecule has 7 heteroatoms. The molecule has 1 N–H and O–H groups in total. The van der Waals surface area contributed by atoms with Crippen LogP contribution in [-0.2, 0) is 19.0 Å². The van der Waals surface area contributed by atoms with Gasteiger partial charge in [-0.05, 0) is 12.1 Å². The van der Waals surface area contributed by atoms with Crippen LogP contribution in [0.15, 0.2) is 36.9 Å². The van der Waals surface area contributed by atoms with E-state index in [1.54, 1.807) is 12.1 Å². The van der Waals surface area contributed by atoms with Crippen molar-refractivity contribution in [1.82, 2.24) is 0 Å². The Balaban J connectivity index is 2.52. The first-order chi connectivity index (χ1) is 11.0. The Morgan fingerprint density at radius 1 is 1.17 bits per heavy atom. The lowest BCUT2D eigenvalue weighted by Gasteiger charge is -2.12. The van der Waals surface area contributed by atoms with E-state index in [2.05, 4.69) is 11.3 Å². The lowest BCUT2D eigenvalue weighted by molar-refractivity contribution is -0.138. The molecule has 0 heterocycles. The summed E-state index contributed by atoms with van der Waals surface area (Å²) in [6.45, 7) is 2.92. The van der Waals surface area contributed by atoms with Gasteiger partial charge in [-0.25, -0.2) is 14.4 Å². The number of aliphatic hydroxyl groups is 1. The highest BCUT2D eigenvalue weighted by molar-refractivity contribution is 6.03. The molecule has 1 unspecified atom stereocenters. The molecular weight excluding hydrogens is 304 g/mol.